The zero-order valence-electron chi connectivity index (χ0n) is 9.93. The van der Waals surface area contributed by atoms with E-state index in [0.29, 0.717) is 19.8 Å². The average Bonchev–Trinajstić information content (AvgIpc) is 2.69. The number of carboxylic acids is 1. The van der Waals surface area contributed by atoms with Crippen molar-refractivity contribution in [3.8, 4) is 0 Å². The van der Waals surface area contributed by atoms with Gasteiger partial charge in [0, 0.05) is 25.4 Å². The number of carbonyl (C=O) groups is 1. The fourth-order valence-electron chi connectivity index (χ4n) is 2.23. The van der Waals surface area contributed by atoms with Gasteiger partial charge in [-0.2, -0.15) is 0 Å². The van der Waals surface area contributed by atoms with Crippen LogP contribution >= 0.6 is 0 Å². The fraction of sp³-hybridized carbons (Fsp3) is 0.462. The van der Waals surface area contributed by atoms with Crippen molar-refractivity contribution in [1.29, 1.82) is 0 Å². The van der Waals surface area contributed by atoms with Crippen LogP contribution in [0.5, 0.6) is 0 Å². The Kier molecular flexibility index (Phi) is 3.64. The Morgan fingerprint density at radius 3 is 3.00 bits per heavy atom. The summed E-state index contributed by atoms with van der Waals surface area (Å²) in [6.45, 7) is 4.57. The van der Waals surface area contributed by atoms with Crippen LogP contribution < -0.4 is 4.90 Å². The largest absolute Gasteiger partial charge is 0.481 e. The Bertz CT molecular complexity index is 405. The average molecular weight is 235 g/mol. The second-order valence-electron chi connectivity index (χ2n) is 4.09. The number of nitrogens with zero attached hydrogens (tertiary/aromatic N) is 1. The Balaban J connectivity index is 2.14. The number of aliphatic carboxylic acids is 1. The maximum Gasteiger partial charge on any atom is 0.312 e. The van der Waals surface area contributed by atoms with E-state index in [1.54, 1.807) is 0 Å². The summed E-state index contributed by atoms with van der Waals surface area (Å²) in [5.41, 5.74) is 1.94. The number of carboxylic acid groups (broad SMARTS) is 1. The molecule has 0 fully saturated rings. The third kappa shape index (κ3) is 2.42. The van der Waals surface area contributed by atoms with Crippen LogP contribution in [-0.2, 0) is 9.53 Å². The highest BCUT2D eigenvalue weighted by Gasteiger charge is 2.32. The normalized spacial score (nSPS) is 18.2. The molecule has 1 heterocycles. The number of ether oxygens (including phenoxy) is 1. The third-order valence-electron chi connectivity index (χ3n) is 3.06. The number of fused-ring (bicyclic) bond motifs is 1. The molecule has 0 radical (unpaired) electrons. The minimum atomic E-state index is -0.753. The lowest BCUT2D eigenvalue weighted by Gasteiger charge is -2.19. The van der Waals surface area contributed by atoms with Crippen molar-refractivity contribution in [2.24, 2.45) is 0 Å². The van der Waals surface area contributed by atoms with Crippen LogP contribution in [0, 0.1) is 0 Å². The Morgan fingerprint density at radius 2 is 2.29 bits per heavy atom. The molecular weight excluding hydrogens is 218 g/mol. The third-order valence-corrected chi connectivity index (χ3v) is 3.06. The van der Waals surface area contributed by atoms with Crippen molar-refractivity contribution < 1.29 is 14.6 Å². The summed E-state index contributed by atoms with van der Waals surface area (Å²) in [7, 11) is 0. The van der Waals surface area contributed by atoms with Crippen LogP contribution in [0.2, 0.25) is 0 Å². The van der Waals surface area contributed by atoms with Gasteiger partial charge in [0.05, 0.1) is 6.61 Å². The van der Waals surface area contributed by atoms with Crippen molar-refractivity contribution >= 4 is 11.7 Å². The van der Waals surface area contributed by atoms with Gasteiger partial charge < -0.3 is 14.7 Å². The zero-order chi connectivity index (χ0) is 12.3. The summed E-state index contributed by atoms with van der Waals surface area (Å²) in [6, 6.07) is 7.70. The molecule has 0 aromatic heterocycles. The second kappa shape index (κ2) is 5.19. The van der Waals surface area contributed by atoms with Gasteiger partial charge in [0.2, 0.25) is 0 Å². The second-order valence-corrected chi connectivity index (χ2v) is 4.09. The first kappa shape index (κ1) is 11.9. The van der Waals surface area contributed by atoms with Crippen molar-refractivity contribution in [3.63, 3.8) is 0 Å². The van der Waals surface area contributed by atoms with E-state index in [-0.39, 0.29) is 0 Å². The first-order valence-corrected chi connectivity index (χ1v) is 5.88. The van der Waals surface area contributed by atoms with E-state index in [9.17, 15) is 9.90 Å². The molecule has 0 saturated heterocycles. The summed E-state index contributed by atoms with van der Waals surface area (Å²) >= 11 is 0. The first-order valence-electron chi connectivity index (χ1n) is 5.88. The molecule has 17 heavy (non-hydrogen) atoms. The molecule has 4 heteroatoms. The van der Waals surface area contributed by atoms with Crippen molar-refractivity contribution in [2.75, 3.05) is 31.2 Å². The molecule has 1 N–H and O–H groups in total. The molecule has 0 aliphatic carbocycles. The van der Waals surface area contributed by atoms with Crippen molar-refractivity contribution in [3.05, 3.63) is 29.8 Å². The summed E-state index contributed by atoms with van der Waals surface area (Å²) in [4.78, 5) is 13.3. The number of para-hydroxylation sites is 1. The number of anilines is 1. The van der Waals surface area contributed by atoms with Crippen LogP contribution in [0.4, 0.5) is 5.69 Å². The maximum absolute atomic E-state index is 11.2. The highest BCUT2D eigenvalue weighted by Crippen LogP contribution is 2.35. The summed E-state index contributed by atoms with van der Waals surface area (Å²) < 4.78 is 5.32. The Morgan fingerprint density at radius 1 is 1.53 bits per heavy atom. The van der Waals surface area contributed by atoms with E-state index >= 15 is 0 Å². The smallest absolute Gasteiger partial charge is 0.312 e. The zero-order valence-corrected chi connectivity index (χ0v) is 9.93. The molecule has 2 rings (SSSR count). The highest BCUT2D eigenvalue weighted by molar-refractivity contribution is 5.82. The molecule has 92 valence electrons. The van der Waals surface area contributed by atoms with E-state index in [0.717, 1.165) is 17.8 Å². The Labute approximate surface area is 101 Å². The van der Waals surface area contributed by atoms with Gasteiger partial charge in [-0.15, -0.1) is 0 Å². The quantitative estimate of drug-likeness (QED) is 0.789. The van der Waals surface area contributed by atoms with Crippen LogP contribution in [0.25, 0.3) is 0 Å². The highest BCUT2D eigenvalue weighted by atomic mass is 16.5. The summed E-state index contributed by atoms with van der Waals surface area (Å²) in [5.74, 6) is -1.16. The minimum Gasteiger partial charge on any atom is -0.481 e. The first-order chi connectivity index (χ1) is 8.24. The molecule has 1 atom stereocenters. The van der Waals surface area contributed by atoms with Gasteiger partial charge in [0.1, 0.15) is 5.92 Å². The maximum atomic E-state index is 11.2. The molecule has 0 spiro atoms. The van der Waals surface area contributed by atoms with Crippen LogP contribution in [-0.4, -0.2) is 37.4 Å². The van der Waals surface area contributed by atoms with Gasteiger partial charge in [-0.1, -0.05) is 18.2 Å². The topological polar surface area (TPSA) is 49.8 Å². The number of rotatable bonds is 5. The van der Waals surface area contributed by atoms with Gasteiger partial charge >= 0.3 is 5.97 Å². The van der Waals surface area contributed by atoms with Crippen LogP contribution in [0.15, 0.2) is 24.3 Å². The van der Waals surface area contributed by atoms with E-state index < -0.39 is 11.9 Å². The monoisotopic (exact) mass is 235 g/mol. The number of benzene rings is 1. The van der Waals surface area contributed by atoms with E-state index in [2.05, 4.69) is 4.90 Å². The SMILES string of the molecule is CCOCCN1CC(C(=O)O)c2ccccc21. The molecule has 0 saturated carbocycles. The molecule has 0 bridgehead atoms. The predicted octanol–water partition coefficient (Wildman–Crippen LogP) is 1.71. The minimum absolute atomic E-state index is 0.409. The molecule has 1 aromatic rings. The van der Waals surface area contributed by atoms with E-state index in [1.807, 2.05) is 31.2 Å². The van der Waals surface area contributed by atoms with Gasteiger partial charge in [0.15, 0.2) is 0 Å². The lowest BCUT2D eigenvalue weighted by atomic mass is 10.0. The van der Waals surface area contributed by atoms with E-state index in [1.165, 1.54) is 0 Å². The van der Waals surface area contributed by atoms with Crippen molar-refractivity contribution in [2.45, 2.75) is 12.8 Å². The molecule has 1 unspecified atom stereocenters. The lowest BCUT2D eigenvalue weighted by molar-refractivity contribution is -0.138. The van der Waals surface area contributed by atoms with Gasteiger partial charge in [-0.05, 0) is 18.6 Å². The summed E-state index contributed by atoms with van der Waals surface area (Å²) in [6.07, 6.45) is 0. The molecule has 1 aliphatic heterocycles. The van der Waals surface area contributed by atoms with Gasteiger partial charge in [-0.3, -0.25) is 4.79 Å². The van der Waals surface area contributed by atoms with Crippen molar-refractivity contribution in [1.82, 2.24) is 0 Å². The molecule has 0 amide bonds. The molecule has 1 aromatic carbocycles. The summed E-state index contributed by atoms with van der Waals surface area (Å²) in [5, 5.41) is 9.19. The number of hydrogen-bond acceptors (Lipinski definition) is 3. The predicted molar refractivity (Wildman–Crippen MR) is 65.5 cm³/mol. The molecule has 1 aliphatic rings. The van der Waals surface area contributed by atoms with Gasteiger partial charge in [-0.25, -0.2) is 0 Å². The standard InChI is InChI=1S/C13H17NO3/c1-2-17-8-7-14-9-11(13(15)16)10-5-3-4-6-12(10)14/h3-6,11H,2,7-9H2,1H3,(H,15,16). The van der Waals surface area contributed by atoms with Gasteiger partial charge in [0.25, 0.3) is 0 Å². The Hall–Kier alpha value is -1.55. The fourth-order valence-corrected chi connectivity index (χ4v) is 2.23. The molecular formula is C13H17NO3. The number of hydrogen-bond donors (Lipinski definition) is 1. The van der Waals surface area contributed by atoms with Crippen LogP contribution in [0.3, 0.4) is 0 Å². The van der Waals surface area contributed by atoms with Crippen LogP contribution in [0.1, 0.15) is 18.4 Å². The molecule has 4 nitrogen and oxygen atoms in total. The van der Waals surface area contributed by atoms with E-state index in [4.69, 9.17) is 4.74 Å². The lowest BCUT2D eigenvalue weighted by Crippen LogP contribution is -2.28.